The number of anilines is 1. The van der Waals surface area contributed by atoms with Crippen molar-refractivity contribution in [3.8, 4) is 11.4 Å². The number of benzene rings is 1. The van der Waals surface area contributed by atoms with Crippen LogP contribution in [0.4, 0.5) is 11.5 Å². The van der Waals surface area contributed by atoms with Crippen LogP contribution in [0.1, 0.15) is 26.5 Å². The quantitative estimate of drug-likeness (QED) is 0.594. The zero-order chi connectivity index (χ0) is 19.6. The molecule has 1 aliphatic heterocycles. The number of likely N-dealkylation sites (N-methyl/N-ethyl adjacent to an activating group) is 1. The molecule has 2 aromatic rings. The molecule has 0 aliphatic carbocycles. The van der Waals surface area contributed by atoms with E-state index in [0.29, 0.717) is 17.8 Å². The van der Waals surface area contributed by atoms with E-state index in [1.807, 2.05) is 0 Å². The van der Waals surface area contributed by atoms with Crippen LogP contribution in [0.3, 0.4) is 0 Å². The molecule has 3 rings (SSSR count). The van der Waals surface area contributed by atoms with Crippen LogP contribution in [0.25, 0.3) is 11.4 Å². The highest BCUT2D eigenvalue weighted by Gasteiger charge is 2.29. The Morgan fingerprint density at radius 2 is 1.93 bits per heavy atom. The molecule has 0 bridgehead atoms. The van der Waals surface area contributed by atoms with Gasteiger partial charge in [0.1, 0.15) is 5.82 Å². The number of hydrogen-bond donors (Lipinski definition) is 0. The summed E-state index contributed by atoms with van der Waals surface area (Å²) in [4.78, 5) is 24.7. The first-order valence-electron chi connectivity index (χ1n) is 9.47. The standard InChI is InChI=1S/C20H27N5O2/c1-5-16-12-19(24-11-10-23(4)13-18(24)14(2)3)22-20(21-16)15-6-8-17(9-7-15)25(26)27/h6-9,12,14,18H,5,10-11,13H2,1-4H3/t18-/m1/s1. The third-order valence-corrected chi connectivity index (χ3v) is 5.15. The molecule has 7 heteroatoms. The number of piperazine rings is 1. The van der Waals surface area contributed by atoms with Crippen molar-refractivity contribution in [1.82, 2.24) is 14.9 Å². The first-order chi connectivity index (χ1) is 12.9. The summed E-state index contributed by atoms with van der Waals surface area (Å²) < 4.78 is 0. The molecule has 144 valence electrons. The second-order valence-electron chi connectivity index (χ2n) is 7.47. The van der Waals surface area contributed by atoms with Gasteiger partial charge in [-0.25, -0.2) is 9.97 Å². The molecule has 1 fully saturated rings. The highest BCUT2D eigenvalue weighted by Crippen LogP contribution is 2.27. The van der Waals surface area contributed by atoms with Gasteiger partial charge in [-0.2, -0.15) is 0 Å². The van der Waals surface area contributed by atoms with E-state index in [-0.39, 0.29) is 5.69 Å². The van der Waals surface area contributed by atoms with Crippen LogP contribution in [-0.2, 0) is 6.42 Å². The zero-order valence-electron chi connectivity index (χ0n) is 16.4. The Bertz CT molecular complexity index is 807. The van der Waals surface area contributed by atoms with Crippen LogP contribution in [0.2, 0.25) is 0 Å². The van der Waals surface area contributed by atoms with Crippen LogP contribution in [0, 0.1) is 16.0 Å². The number of hydrogen-bond acceptors (Lipinski definition) is 6. The van der Waals surface area contributed by atoms with Crippen LogP contribution < -0.4 is 4.90 Å². The van der Waals surface area contributed by atoms with Crippen LogP contribution in [-0.4, -0.2) is 52.5 Å². The average Bonchev–Trinajstić information content (AvgIpc) is 2.67. The number of non-ortho nitro benzene ring substituents is 1. The fourth-order valence-corrected chi connectivity index (χ4v) is 3.48. The van der Waals surface area contributed by atoms with Crippen molar-refractivity contribution in [3.63, 3.8) is 0 Å². The van der Waals surface area contributed by atoms with Crippen LogP contribution in [0.5, 0.6) is 0 Å². The van der Waals surface area contributed by atoms with Crippen molar-refractivity contribution >= 4 is 11.5 Å². The minimum atomic E-state index is -0.393. The fourth-order valence-electron chi connectivity index (χ4n) is 3.48. The molecule has 1 aromatic heterocycles. The summed E-state index contributed by atoms with van der Waals surface area (Å²) in [5.74, 6) is 2.08. The Labute approximate surface area is 160 Å². The molecule has 0 spiro atoms. The van der Waals surface area contributed by atoms with Crippen LogP contribution in [0.15, 0.2) is 30.3 Å². The van der Waals surface area contributed by atoms with E-state index in [0.717, 1.165) is 43.1 Å². The molecule has 0 N–H and O–H groups in total. The molecule has 1 aromatic carbocycles. The summed E-state index contributed by atoms with van der Waals surface area (Å²) in [6.07, 6.45) is 0.815. The maximum atomic E-state index is 10.9. The molecule has 7 nitrogen and oxygen atoms in total. The van der Waals surface area contributed by atoms with E-state index < -0.39 is 4.92 Å². The summed E-state index contributed by atoms with van der Waals surface area (Å²) in [5, 5.41) is 10.9. The molecule has 0 saturated carbocycles. The minimum Gasteiger partial charge on any atom is -0.351 e. The van der Waals surface area contributed by atoms with Gasteiger partial charge in [0.05, 0.1) is 4.92 Å². The van der Waals surface area contributed by atoms with Crippen molar-refractivity contribution in [2.75, 3.05) is 31.6 Å². The van der Waals surface area contributed by atoms with Gasteiger partial charge in [0.2, 0.25) is 0 Å². The van der Waals surface area contributed by atoms with Crippen molar-refractivity contribution in [2.24, 2.45) is 5.92 Å². The highest BCUT2D eigenvalue weighted by molar-refractivity contribution is 5.60. The monoisotopic (exact) mass is 369 g/mol. The summed E-state index contributed by atoms with van der Waals surface area (Å²) >= 11 is 0. The van der Waals surface area contributed by atoms with E-state index in [1.165, 1.54) is 12.1 Å². The van der Waals surface area contributed by atoms with Gasteiger partial charge < -0.3 is 9.80 Å². The van der Waals surface area contributed by atoms with Gasteiger partial charge in [-0.1, -0.05) is 20.8 Å². The van der Waals surface area contributed by atoms with Crippen molar-refractivity contribution in [1.29, 1.82) is 0 Å². The summed E-state index contributed by atoms with van der Waals surface area (Å²) in [6, 6.07) is 8.93. The Balaban J connectivity index is 1.99. The number of nitrogens with zero attached hydrogens (tertiary/aromatic N) is 5. The lowest BCUT2D eigenvalue weighted by molar-refractivity contribution is -0.384. The minimum absolute atomic E-state index is 0.0737. The number of aromatic nitrogens is 2. The van der Waals surface area contributed by atoms with E-state index >= 15 is 0 Å². The topological polar surface area (TPSA) is 75.4 Å². The van der Waals surface area contributed by atoms with E-state index in [9.17, 15) is 10.1 Å². The lowest BCUT2D eigenvalue weighted by atomic mass is 9.99. The maximum Gasteiger partial charge on any atom is 0.269 e. The maximum absolute atomic E-state index is 10.9. The second kappa shape index (κ2) is 8.00. The smallest absolute Gasteiger partial charge is 0.269 e. The Morgan fingerprint density at radius 3 is 2.52 bits per heavy atom. The van der Waals surface area contributed by atoms with Crippen molar-refractivity contribution in [2.45, 2.75) is 33.2 Å². The van der Waals surface area contributed by atoms with Gasteiger partial charge in [-0.3, -0.25) is 10.1 Å². The zero-order valence-corrected chi connectivity index (χ0v) is 16.4. The molecule has 1 aliphatic rings. The molecule has 1 saturated heterocycles. The van der Waals surface area contributed by atoms with E-state index in [4.69, 9.17) is 4.98 Å². The summed E-state index contributed by atoms with van der Waals surface area (Å²) in [5.41, 5.74) is 1.85. The van der Waals surface area contributed by atoms with E-state index in [1.54, 1.807) is 12.1 Å². The van der Waals surface area contributed by atoms with Gasteiger partial charge in [0, 0.05) is 55.1 Å². The Morgan fingerprint density at radius 1 is 1.22 bits per heavy atom. The van der Waals surface area contributed by atoms with Gasteiger partial charge >= 0.3 is 0 Å². The number of nitro benzene ring substituents is 1. The fraction of sp³-hybridized carbons (Fsp3) is 0.500. The third-order valence-electron chi connectivity index (χ3n) is 5.15. The molecule has 0 unspecified atom stereocenters. The summed E-state index contributed by atoms with van der Waals surface area (Å²) in [6.45, 7) is 9.51. The lowest BCUT2D eigenvalue weighted by Crippen LogP contribution is -2.54. The van der Waals surface area contributed by atoms with Gasteiger partial charge in [-0.15, -0.1) is 0 Å². The first-order valence-corrected chi connectivity index (χ1v) is 9.47. The van der Waals surface area contributed by atoms with Gasteiger partial charge in [0.15, 0.2) is 5.82 Å². The van der Waals surface area contributed by atoms with Crippen molar-refractivity contribution < 1.29 is 4.92 Å². The Hall–Kier alpha value is -2.54. The first kappa shape index (κ1) is 19.2. The van der Waals surface area contributed by atoms with Crippen LogP contribution >= 0.6 is 0 Å². The normalized spacial score (nSPS) is 18.1. The molecule has 0 amide bonds. The second-order valence-corrected chi connectivity index (χ2v) is 7.47. The van der Waals surface area contributed by atoms with Gasteiger partial charge in [0.25, 0.3) is 5.69 Å². The molecule has 27 heavy (non-hydrogen) atoms. The molecular formula is C20H27N5O2. The molecule has 0 radical (unpaired) electrons. The number of nitro groups is 1. The SMILES string of the molecule is CCc1cc(N2CCN(C)C[C@@H]2C(C)C)nc(-c2ccc([N+](=O)[O-])cc2)n1. The molecule has 2 heterocycles. The Kier molecular flexibility index (Phi) is 5.70. The predicted molar refractivity (Wildman–Crippen MR) is 107 cm³/mol. The van der Waals surface area contributed by atoms with E-state index in [2.05, 4.69) is 48.7 Å². The third kappa shape index (κ3) is 4.24. The highest BCUT2D eigenvalue weighted by atomic mass is 16.6. The summed E-state index contributed by atoms with van der Waals surface area (Å²) in [7, 11) is 2.16. The largest absolute Gasteiger partial charge is 0.351 e. The number of rotatable bonds is 5. The molecule has 1 atom stereocenters. The molecular weight excluding hydrogens is 342 g/mol. The average molecular weight is 369 g/mol. The lowest BCUT2D eigenvalue weighted by Gasteiger charge is -2.43. The number of aryl methyl sites for hydroxylation is 1. The van der Waals surface area contributed by atoms with Gasteiger partial charge in [-0.05, 0) is 31.5 Å². The van der Waals surface area contributed by atoms with Crippen molar-refractivity contribution in [3.05, 3.63) is 46.1 Å². The predicted octanol–water partition coefficient (Wildman–Crippen LogP) is 3.39.